The van der Waals surface area contributed by atoms with Crippen LogP contribution in [0.3, 0.4) is 0 Å². The van der Waals surface area contributed by atoms with E-state index in [2.05, 4.69) is 25.5 Å². The number of aromatic amines is 1. The molecule has 2 N–H and O–H groups in total. The van der Waals surface area contributed by atoms with Gasteiger partial charge in [-0.25, -0.2) is 9.97 Å². The first kappa shape index (κ1) is 14.1. The van der Waals surface area contributed by atoms with Crippen LogP contribution in [0.4, 0.5) is 5.69 Å². The summed E-state index contributed by atoms with van der Waals surface area (Å²) in [4.78, 5) is 21.0. The molecule has 0 radical (unpaired) electrons. The van der Waals surface area contributed by atoms with Crippen LogP contribution in [0.1, 0.15) is 10.4 Å². The van der Waals surface area contributed by atoms with E-state index in [0.717, 1.165) is 16.9 Å². The maximum absolute atomic E-state index is 12.5. The van der Waals surface area contributed by atoms with Crippen molar-refractivity contribution in [1.82, 2.24) is 24.7 Å². The van der Waals surface area contributed by atoms with Crippen molar-refractivity contribution in [3.63, 3.8) is 0 Å². The quantitative estimate of drug-likeness (QED) is 0.608. The second-order valence-corrected chi connectivity index (χ2v) is 5.43. The van der Waals surface area contributed by atoms with Gasteiger partial charge in [-0.2, -0.15) is 5.10 Å². The van der Waals surface area contributed by atoms with Gasteiger partial charge >= 0.3 is 0 Å². The number of aryl methyl sites for hydroxylation is 1. The van der Waals surface area contributed by atoms with Crippen molar-refractivity contribution in [2.24, 2.45) is 7.05 Å². The maximum atomic E-state index is 12.5. The highest BCUT2D eigenvalue weighted by atomic mass is 16.1. The minimum Gasteiger partial charge on any atom is -0.322 e. The van der Waals surface area contributed by atoms with Gasteiger partial charge in [-0.1, -0.05) is 12.1 Å². The fraction of sp³-hybridized carbons (Fsp3) is 0.0588. The highest BCUT2D eigenvalue weighted by Crippen LogP contribution is 2.21. The number of nitrogens with zero attached hydrogens (tertiary/aromatic N) is 4. The normalized spacial score (nSPS) is 10.9. The molecule has 4 aromatic rings. The number of anilines is 1. The Morgan fingerprint density at radius 2 is 2.12 bits per heavy atom. The number of pyridine rings is 1. The number of H-pyrrole nitrogens is 1. The van der Waals surface area contributed by atoms with Crippen molar-refractivity contribution in [2.45, 2.75) is 0 Å². The molecule has 24 heavy (non-hydrogen) atoms. The van der Waals surface area contributed by atoms with E-state index in [1.54, 1.807) is 24.8 Å². The summed E-state index contributed by atoms with van der Waals surface area (Å²) in [5.41, 5.74) is 4.44. The molecular formula is C17H14N6O. The zero-order valence-corrected chi connectivity index (χ0v) is 12.9. The lowest BCUT2D eigenvalue weighted by atomic mass is 10.1. The fourth-order valence-electron chi connectivity index (χ4n) is 2.52. The Bertz CT molecular complexity index is 1020. The summed E-state index contributed by atoms with van der Waals surface area (Å²) < 4.78 is 1.81. The molecule has 0 aliphatic rings. The number of nitrogens with one attached hydrogen (secondary N) is 2. The molecule has 4 rings (SSSR count). The predicted octanol–water partition coefficient (Wildman–Crippen LogP) is 2.61. The predicted molar refractivity (Wildman–Crippen MR) is 90.5 cm³/mol. The number of amides is 1. The topological polar surface area (TPSA) is 88.5 Å². The van der Waals surface area contributed by atoms with Crippen molar-refractivity contribution in [3.8, 4) is 11.3 Å². The first-order valence-electron chi connectivity index (χ1n) is 7.39. The number of carbonyl (C=O) groups is 1. The number of benzene rings is 1. The fourth-order valence-corrected chi connectivity index (χ4v) is 2.52. The second kappa shape index (κ2) is 5.62. The number of hydrogen-bond donors (Lipinski definition) is 2. The molecule has 1 aromatic carbocycles. The molecule has 0 atom stereocenters. The lowest BCUT2D eigenvalue weighted by Crippen LogP contribution is -2.12. The van der Waals surface area contributed by atoms with Gasteiger partial charge in [0.05, 0.1) is 17.6 Å². The van der Waals surface area contributed by atoms with Gasteiger partial charge in [-0.3, -0.25) is 9.89 Å². The van der Waals surface area contributed by atoms with Crippen LogP contribution in [-0.4, -0.2) is 30.6 Å². The molecule has 0 unspecified atom stereocenters. The van der Waals surface area contributed by atoms with Gasteiger partial charge in [0.25, 0.3) is 5.91 Å². The molecule has 7 heteroatoms. The van der Waals surface area contributed by atoms with E-state index in [9.17, 15) is 4.79 Å². The summed E-state index contributed by atoms with van der Waals surface area (Å²) in [5, 5.41) is 9.73. The van der Waals surface area contributed by atoms with Gasteiger partial charge in [-0.15, -0.1) is 0 Å². The molecule has 0 aliphatic heterocycles. The molecule has 118 valence electrons. The van der Waals surface area contributed by atoms with Crippen LogP contribution >= 0.6 is 0 Å². The minimum atomic E-state index is -0.225. The van der Waals surface area contributed by atoms with Crippen molar-refractivity contribution < 1.29 is 4.79 Å². The average molecular weight is 318 g/mol. The maximum Gasteiger partial charge on any atom is 0.257 e. The molecule has 0 saturated heterocycles. The summed E-state index contributed by atoms with van der Waals surface area (Å²) in [7, 11) is 1.86. The van der Waals surface area contributed by atoms with Gasteiger partial charge in [-0.05, 0) is 24.3 Å². The van der Waals surface area contributed by atoms with Gasteiger partial charge in [0.1, 0.15) is 5.52 Å². The third-order valence-corrected chi connectivity index (χ3v) is 3.75. The Labute approximate surface area is 137 Å². The van der Waals surface area contributed by atoms with E-state index in [1.807, 2.05) is 41.9 Å². The van der Waals surface area contributed by atoms with Crippen LogP contribution in [0.15, 0.2) is 55.1 Å². The lowest BCUT2D eigenvalue weighted by Gasteiger charge is -2.07. The van der Waals surface area contributed by atoms with E-state index in [0.29, 0.717) is 16.8 Å². The summed E-state index contributed by atoms with van der Waals surface area (Å²) in [5.74, 6) is -0.225. The van der Waals surface area contributed by atoms with Crippen molar-refractivity contribution >= 4 is 22.8 Å². The summed E-state index contributed by atoms with van der Waals surface area (Å²) in [6, 6.07) is 11.2. The molecule has 0 bridgehead atoms. The number of hydrogen-bond acceptors (Lipinski definition) is 4. The first-order chi connectivity index (χ1) is 11.7. The Morgan fingerprint density at radius 3 is 2.96 bits per heavy atom. The third kappa shape index (κ3) is 2.52. The molecule has 7 nitrogen and oxygen atoms in total. The summed E-state index contributed by atoms with van der Waals surface area (Å²) in [6.07, 6.45) is 4.92. The monoisotopic (exact) mass is 318 g/mol. The SMILES string of the molecule is Cn1cnc2cc(C(=O)Nc3cccc(-c4ccn[nH]4)c3)cnc21. The van der Waals surface area contributed by atoms with Crippen LogP contribution in [0.5, 0.6) is 0 Å². The number of imidazole rings is 1. The number of carbonyl (C=O) groups excluding carboxylic acids is 1. The smallest absolute Gasteiger partial charge is 0.257 e. The third-order valence-electron chi connectivity index (χ3n) is 3.75. The van der Waals surface area contributed by atoms with Crippen molar-refractivity contribution in [2.75, 3.05) is 5.32 Å². The highest BCUT2D eigenvalue weighted by Gasteiger charge is 2.10. The molecule has 3 aromatic heterocycles. The zero-order valence-electron chi connectivity index (χ0n) is 12.9. The van der Waals surface area contributed by atoms with Crippen LogP contribution in [-0.2, 0) is 7.05 Å². The summed E-state index contributed by atoms with van der Waals surface area (Å²) >= 11 is 0. The van der Waals surface area contributed by atoms with Gasteiger partial charge in [0, 0.05) is 30.7 Å². The van der Waals surface area contributed by atoms with Gasteiger partial charge < -0.3 is 9.88 Å². The van der Waals surface area contributed by atoms with Crippen LogP contribution in [0.2, 0.25) is 0 Å². The molecule has 1 amide bonds. The zero-order chi connectivity index (χ0) is 16.5. The van der Waals surface area contributed by atoms with E-state index in [4.69, 9.17) is 0 Å². The van der Waals surface area contributed by atoms with Gasteiger partial charge in [0.15, 0.2) is 5.65 Å². The minimum absolute atomic E-state index is 0.225. The van der Waals surface area contributed by atoms with E-state index in [1.165, 1.54) is 0 Å². The highest BCUT2D eigenvalue weighted by molar-refractivity contribution is 6.05. The standard InChI is InChI=1S/C17H14N6O/c1-23-10-19-15-8-12(9-18-16(15)23)17(24)21-13-4-2-3-11(7-13)14-5-6-20-22-14/h2-10H,1H3,(H,20,22)(H,21,24). The Morgan fingerprint density at radius 1 is 1.21 bits per heavy atom. The van der Waals surface area contributed by atoms with Crippen LogP contribution in [0.25, 0.3) is 22.4 Å². The lowest BCUT2D eigenvalue weighted by molar-refractivity contribution is 0.102. The molecule has 0 aliphatic carbocycles. The van der Waals surface area contributed by atoms with E-state index < -0.39 is 0 Å². The Hall–Kier alpha value is -3.48. The molecule has 3 heterocycles. The first-order valence-corrected chi connectivity index (χ1v) is 7.39. The van der Waals surface area contributed by atoms with E-state index >= 15 is 0 Å². The van der Waals surface area contributed by atoms with Crippen molar-refractivity contribution in [1.29, 1.82) is 0 Å². The Balaban J connectivity index is 1.60. The van der Waals surface area contributed by atoms with Crippen molar-refractivity contribution in [3.05, 3.63) is 60.7 Å². The molecular weight excluding hydrogens is 304 g/mol. The number of fused-ring (bicyclic) bond motifs is 1. The number of rotatable bonds is 3. The second-order valence-electron chi connectivity index (χ2n) is 5.43. The summed E-state index contributed by atoms with van der Waals surface area (Å²) in [6.45, 7) is 0. The largest absolute Gasteiger partial charge is 0.322 e. The molecule has 0 saturated carbocycles. The molecule has 0 spiro atoms. The van der Waals surface area contributed by atoms with Crippen LogP contribution in [0, 0.1) is 0 Å². The number of aromatic nitrogens is 5. The van der Waals surface area contributed by atoms with E-state index in [-0.39, 0.29) is 5.91 Å². The van der Waals surface area contributed by atoms with Gasteiger partial charge in [0.2, 0.25) is 0 Å². The van der Waals surface area contributed by atoms with Crippen LogP contribution < -0.4 is 5.32 Å². The molecule has 0 fully saturated rings. The Kier molecular flexibility index (Phi) is 3.31. The average Bonchev–Trinajstić information content (AvgIpc) is 3.25.